The molecule has 0 atom stereocenters. The Labute approximate surface area is 163 Å². The monoisotopic (exact) mass is 378 g/mol. The van der Waals surface area contributed by atoms with Crippen molar-refractivity contribution in [2.24, 2.45) is 0 Å². The van der Waals surface area contributed by atoms with E-state index in [-0.39, 0.29) is 18.3 Å². The van der Waals surface area contributed by atoms with Crippen LogP contribution < -0.4 is 16.4 Å². The lowest BCUT2D eigenvalue weighted by molar-refractivity contribution is -0.114. The molecule has 1 heterocycles. The summed E-state index contributed by atoms with van der Waals surface area (Å²) in [5, 5.41) is 8.31. The number of carbonyl (C=O) groups excluding carboxylic acids is 1. The minimum absolute atomic E-state index is 0. The Morgan fingerprint density at radius 3 is 2.30 bits per heavy atom. The van der Waals surface area contributed by atoms with Gasteiger partial charge in [-0.2, -0.15) is 0 Å². The number of anilines is 4. The third-order valence-corrected chi connectivity index (χ3v) is 4.18. The molecule has 4 rings (SSSR count). The topological polar surface area (TPSA) is 80.0 Å². The molecule has 1 aromatic heterocycles. The number of nitrogen functional groups attached to an aromatic ring is 1. The van der Waals surface area contributed by atoms with Gasteiger partial charge in [0.1, 0.15) is 0 Å². The highest BCUT2D eigenvalue weighted by Gasteiger charge is 2.10. The van der Waals surface area contributed by atoms with Crippen molar-refractivity contribution >= 4 is 62.9 Å². The van der Waals surface area contributed by atoms with Crippen LogP contribution in [0.4, 0.5) is 22.7 Å². The van der Waals surface area contributed by atoms with E-state index in [9.17, 15) is 4.79 Å². The summed E-state index contributed by atoms with van der Waals surface area (Å²) in [5.41, 5.74) is 10.9. The summed E-state index contributed by atoms with van der Waals surface area (Å²) in [7, 11) is 0. The van der Waals surface area contributed by atoms with Gasteiger partial charge in [-0.05, 0) is 48.5 Å². The number of nitrogens with zero attached hydrogens (tertiary/aromatic N) is 1. The summed E-state index contributed by atoms with van der Waals surface area (Å²) < 4.78 is 0. The standard InChI is InChI=1S/C21H18N4O.ClH/c1-13(26)23-16-10-11-18-20(12-16)25-19-5-3-2-4-17(19)21(18)24-15-8-6-14(22)7-9-15;/h2-12H,22H2,1H3,(H,23,26)(H,24,25);1H. The van der Waals surface area contributed by atoms with E-state index in [2.05, 4.69) is 10.6 Å². The molecule has 27 heavy (non-hydrogen) atoms. The second-order valence-corrected chi connectivity index (χ2v) is 6.16. The number of para-hydroxylation sites is 1. The van der Waals surface area contributed by atoms with Gasteiger partial charge >= 0.3 is 0 Å². The average molecular weight is 379 g/mol. The number of pyridine rings is 1. The number of hydrogen-bond acceptors (Lipinski definition) is 4. The predicted octanol–water partition coefficient (Wildman–Crippen LogP) is 5.09. The lowest BCUT2D eigenvalue weighted by atomic mass is 10.1. The number of benzene rings is 3. The molecular weight excluding hydrogens is 360 g/mol. The van der Waals surface area contributed by atoms with Crippen molar-refractivity contribution in [3.05, 3.63) is 66.7 Å². The Morgan fingerprint density at radius 1 is 0.889 bits per heavy atom. The maximum atomic E-state index is 11.3. The number of aromatic nitrogens is 1. The zero-order valence-corrected chi connectivity index (χ0v) is 15.5. The van der Waals surface area contributed by atoms with Crippen molar-refractivity contribution in [2.75, 3.05) is 16.4 Å². The van der Waals surface area contributed by atoms with Crippen molar-refractivity contribution < 1.29 is 4.79 Å². The van der Waals surface area contributed by atoms with Crippen LogP contribution >= 0.6 is 12.4 Å². The van der Waals surface area contributed by atoms with Gasteiger partial charge in [0, 0.05) is 34.8 Å². The molecule has 0 bridgehead atoms. The largest absolute Gasteiger partial charge is 0.399 e. The van der Waals surface area contributed by atoms with Gasteiger partial charge in [0.2, 0.25) is 5.91 Å². The van der Waals surface area contributed by atoms with Crippen molar-refractivity contribution in [1.29, 1.82) is 0 Å². The number of halogens is 1. The Kier molecular flexibility index (Phi) is 5.14. The summed E-state index contributed by atoms with van der Waals surface area (Å²) in [6.07, 6.45) is 0. The molecule has 0 aliphatic rings. The first-order valence-electron chi connectivity index (χ1n) is 8.33. The smallest absolute Gasteiger partial charge is 0.221 e. The fraction of sp³-hybridized carbons (Fsp3) is 0.0476. The SMILES string of the molecule is CC(=O)Nc1ccc2c(Nc3ccc(N)cc3)c3ccccc3nc2c1.Cl. The van der Waals surface area contributed by atoms with Crippen molar-refractivity contribution in [3.63, 3.8) is 0 Å². The zero-order valence-electron chi connectivity index (χ0n) is 14.7. The maximum Gasteiger partial charge on any atom is 0.221 e. The molecule has 0 spiro atoms. The second kappa shape index (κ2) is 7.51. The summed E-state index contributed by atoms with van der Waals surface area (Å²) in [6.45, 7) is 1.49. The lowest BCUT2D eigenvalue weighted by Gasteiger charge is -2.14. The fourth-order valence-electron chi connectivity index (χ4n) is 3.02. The molecule has 0 radical (unpaired) electrons. The third-order valence-electron chi connectivity index (χ3n) is 4.18. The highest BCUT2D eigenvalue weighted by atomic mass is 35.5. The predicted molar refractivity (Wildman–Crippen MR) is 115 cm³/mol. The molecule has 0 fully saturated rings. The van der Waals surface area contributed by atoms with Gasteiger partial charge in [0.15, 0.2) is 0 Å². The summed E-state index contributed by atoms with van der Waals surface area (Å²) in [4.78, 5) is 16.1. The van der Waals surface area contributed by atoms with Crippen molar-refractivity contribution in [3.8, 4) is 0 Å². The molecule has 1 amide bonds. The Hall–Kier alpha value is -3.31. The van der Waals surface area contributed by atoms with E-state index >= 15 is 0 Å². The number of carbonyl (C=O) groups is 1. The van der Waals surface area contributed by atoms with Crippen LogP contribution in [-0.4, -0.2) is 10.9 Å². The van der Waals surface area contributed by atoms with E-state index in [1.54, 1.807) is 0 Å². The van der Waals surface area contributed by atoms with Crippen LogP contribution in [0.1, 0.15) is 6.92 Å². The van der Waals surface area contributed by atoms with Crippen LogP contribution in [0.5, 0.6) is 0 Å². The van der Waals surface area contributed by atoms with Gasteiger partial charge in [-0.1, -0.05) is 18.2 Å². The van der Waals surface area contributed by atoms with Crippen LogP contribution in [-0.2, 0) is 4.79 Å². The van der Waals surface area contributed by atoms with Crippen LogP contribution in [0.25, 0.3) is 21.8 Å². The Bertz CT molecular complexity index is 1130. The highest BCUT2D eigenvalue weighted by Crippen LogP contribution is 2.34. The first-order chi connectivity index (χ1) is 12.6. The molecular formula is C21H19ClN4O. The molecule has 0 unspecified atom stereocenters. The molecule has 6 heteroatoms. The van der Waals surface area contributed by atoms with Gasteiger partial charge in [0.05, 0.1) is 16.7 Å². The molecule has 4 N–H and O–H groups in total. The molecule has 0 saturated carbocycles. The molecule has 5 nitrogen and oxygen atoms in total. The highest BCUT2D eigenvalue weighted by molar-refractivity contribution is 6.09. The number of fused-ring (bicyclic) bond motifs is 2. The first-order valence-corrected chi connectivity index (χ1v) is 8.33. The van der Waals surface area contributed by atoms with Gasteiger partial charge in [-0.15, -0.1) is 12.4 Å². The minimum Gasteiger partial charge on any atom is -0.399 e. The molecule has 0 aliphatic heterocycles. The molecule has 0 aliphatic carbocycles. The Morgan fingerprint density at radius 2 is 1.56 bits per heavy atom. The number of amides is 1. The van der Waals surface area contributed by atoms with Crippen molar-refractivity contribution in [2.45, 2.75) is 6.92 Å². The van der Waals surface area contributed by atoms with Crippen LogP contribution in [0.3, 0.4) is 0 Å². The van der Waals surface area contributed by atoms with Crippen LogP contribution in [0, 0.1) is 0 Å². The Balaban J connectivity index is 0.00000210. The van der Waals surface area contributed by atoms with E-state index < -0.39 is 0 Å². The zero-order chi connectivity index (χ0) is 18.1. The molecule has 0 saturated heterocycles. The minimum atomic E-state index is -0.106. The number of nitrogens with two attached hydrogens (primary N) is 1. The lowest BCUT2D eigenvalue weighted by Crippen LogP contribution is -2.05. The maximum absolute atomic E-state index is 11.3. The van der Waals surface area contributed by atoms with E-state index in [4.69, 9.17) is 10.7 Å². The van der Waals surface area contributed by atoms with Crippen LogP contribution in [0.2, 0.25) is 0 Å². The molecule has 3 aromatic carbocycles. The summed E-state index contributed by atoms with van der Waals surface area (Å²) in [5.74, 6) is -0.106. The van der Waals surface area contributed by atoms with Crippen molar-refractivity contribution in [1.82, 2.24) is 4.98 Å². The van der Waals surface area contributed by atoms with Gasteiger partial charge in [0.25, 0.3) is 0 Å². The third kappa shape index (κ3) is 3.78. The van der Waals surface area contributed by atoms with Gasteiger partial charge in [-0.25, -0.2) is 4.98 Å². The summed E-state index contributed by atoms with van der Waals surface area (Å²) in [6, 6.07) is 21.3. The quantitative estimate of drug-likeness (QED) is 0.342. The first kappa shape index (κ1) is 18.5. The molecule has 136 valence electrons. The van der Waals surface area contributed by atoms with E-state index in [0.29, 0.717) is 0 Å². The van der Waals surface area contributed by atoms with E-state index in [1.165, 1.54) is 6.92 Å². The number of rotatable bonds is 3. The second-order valence-electron chi connectivity index (χ2n) is 6.16. The number of nitrogens with one attached hydrogen (secondary N) is 2. The van der Waals surface area contributed by atoms with Gasteiger partial charge in [-0.3, -0.25) is 4.79 Å². The molecule has 4 aromatic rings. The van der Waals surface area contributed by atoms with E-state index in [1.807, 2.05) is 66.7 Å². The normalized spacial score (nSPS) is 10.4. The number of hydrogen-bond donors (Lipinski definition) is 3. The van der Waals surface area contributed by atoms with E-state index in [0.717, 1.165) is 44.6 Å². The fourth-order valence-corrected chi connectivity index (χ4v) is 3.02. The van der Waals surface area contributed by atoms with Gasteiger partial charge < -0.3 is 16.4 Å². The summed E-state index contributed by atoms with van der Waals surface area (Å²) >= 11 is 0. The average Bonchev–Trinajstić information content (AvgIpc) is 2.62. The van der Waals surface area contributed by atoms with Crippen LogP contribution in [0.15, 0.2) is 66.7 Å².